The second-order valence-corrected chi connectivity index (χ2v) is 4.82. The van der Waals surface area contributed by atoms with Crippen molar-refractivity contribution in [3.05, 3.63) is 11.7 Å². The van der Waals surface area contributed by atoms with Crippen LogP contribution in [0.2, 0.25) is 0 Å². The fraction of sp³-hybridized carbons (Fsp3) is 0.778. The van der Waals surface area contributed by atoms with Gasteiger partial charge in [0.25, 0.3) is 0 Å². The Bertz CT molecular complexity index is 387. The molecule has 1 aliphatic rings. The lowest BCUT2D eigenvalue weighted by molar-refractivity contribution is -0.191. The van der Waals surface area contributed by atoms with Crippen LogP contribution in [-0.4, -0.2) is 35.7 Å². The highest BCUT2D eigenvalue weighted by Crippen LogP contribution is 2.44. The Morgan fingerprint density at radius 1 is 1.53 bits per heavy atom. The van der Waals surface area contributed by atoms with Crippen molar-refractivity contribution in [2.75, 3.05) is 19.3 Å². The van der Waals surface area contributed by atoms with Gasteiger partial charge in [-0.3, -0.25) is 0 Å². The van der Waals surface area contributed by atoms with E-state index in [4.69, 9.17) is 4.52 Å². The predicted molar refractivity (Wildman–Crippen MR) is 56.7 cm³/mol. The largest absolute Gasteiger partial charge is 0.404 e. The van der Waals surface area contributed by atoms with Crippen LogP contribution in [0.15, 0.2) is 4.52 Å². The van der Waals surface area contributed by atoms with E-state index in [-0.39, 0.29) is 18.9 Å². The number of thioether (sulfide) groups is 1. The second kappa shape index (κ2) is 4.49. The normalized spacial score (nSPS) is 25.4. The molecule has 0 amide bonds. The van der Waals surface area contributed by atoms with Gasteiger partial charge in [-0.1, -0.05) is 5.16 Å². The van der Waals surface area contributed by atoms with Crippen molar-refractivity contribution in [1.29, 1.82) is 0 Å². The monoisotopic (exact) mass is 267 g/mol. The van der Waals surface area contributed by atoms with Gasteiger partial charge >= 0.3 is 6.18 Å². The topological polar surface area (TPSA) is 51.0 Å². The molecular formula is C9H12F3N3OS. The molecule has 2 rings (SSSR count). The summed E-state index contributed by atoms with van der Waals surface area (Å²) in [5, 5.41) is 6.28. The van der Waals surface area contributed by atoms with Crippen LogP contribution in [-0.2, 0) is 11.2 Å². The molecule has 8 heteroatoms. The number of nitrogens with one attached hydrogen (secondary N) is 1. The zero-order valence-electron chi connectivity index (χ0n) is 9.17. The van der Waals surface area contributed by atoms with Gasteiger partial charge in [-0.05, 0) is 19.2 Å². The average Bonchev–Trinajstić information content (AvgIpc) is 2.83. The first-order chi connectivity index (χ1) is 7.99. The second-order valence-electron chi connectivity index (χ2n) is 3.96. The summed E-state index contributed by atoms with van der Waals surface area (Å²) in [5.41, 5.74) is -2.02. The van der Waals surface area contributed by atoms with E-state index < -0.39 is 11.6 Å². The molecule has 1 N–H and O–H groups in total. The van der Waals surface area contributed by atoms with Gasteiger partial charge in [0.1, 0.15) is 0 Å². The van der Waals surface area contributed by atoms with Gasteiger partial charge in [0.05, 0.1) is 5.75 Å². The Morgan fingerprint density at radius 3 is 2.82 bits per heavy atom. The SMILES string of the molecule is CSCc1noc(C2(C(F)(F)F)CCNC2)n1. The van der Waals surface area contributed by atoms with Crippen LogP contribution in [0.4, 0.5) is 13.2 Å². The van der Waals surface area contributed by atoms with E-state index in [0.717, 1.165) is 0 Å². The number of halogens is 3. The van der Waals surface area contributed by atoms with Crippen LogP contribution in [0.3, 0.4) is 0 Å². The average molecular weight is 267 g/mol. The number of hydrogen-bond donors (Lipinski definition) is 1. The van der Waals surface area contributed by atoms with Crippen molar-refractivity contribution < 1.29 is 17.7 Å². The zero-order chi connectivity index (χ0) is 12.5. The number of nitrogens with zero attached hydrogens (tertiary/aromatic N) is 2. The summed E-state index contributed by atoms with van der Waals surface area (Å²) < 4.78 is 44.2. The van der Waals surface area contributed by atoms with Gasteiger partial charge in [-0.25, -0.2) is 0 Å². The maximum Gasteiger partial charge on any atom is 0.404 e. The standard InChI is InChI=1S/C9H12F3N3OS/c1-17-4-6-14-7(16-15-6)8(9(10,11)12)2-3-13-5-8/h13H,2-5H2,1H3. The molecule has 1 aromatic heterocycles. The Morgan fingerprint density at radius 2 is 2.29 bits per heavy atom. The first-order valence-electron chi connectivity index (χ1n) is 5.09. The predicted octanol–water partition coefficient (Wildman–Crippen LogP) is 1.73. The molecule has 1 unspecified atom stereocenters. The van der Waals surface area contributed by atoms with Crippen molar-refractivity contribution in [3.63, 3.8) is 0 Å². The van der Waals surface area contributed by atoms with E-state index >= 15 is 0 Å². The third kappa shape index (κ3) is 2.15. The molecule has 0 aromatic carbocycles. The first-order valence-corrected chi connectivity index (χ1v) is 6.48. The summed E-state index contributed by atoms with van der Waals surface area (Å²) in [4.78, 5) is 3.86. The lowest BCUT2D eigenvalue weighted by atomic mass is 9.86. The van der Waals surface area contributed by atoms with Crippen LogP contribution in [0.25, 0.3) is 0 Å². The van der Waals surface area contributed by atoms with Gasteiger partial charge in [0, 0.05) is 6.54 Å². The Hall–Kier alpha value is -0.760. The van der Waals surface area contributed by atoms with E-state index in [1.165, 1.54) is 11.8 Å². The molecule has 0 spiro atoms. The van der Waals surface area contributed by atoms with Crippen LogP contribution in [0.5, 0.6) is 0 Å². The maximum atomic E-state index is 13.1. The minimum atomic E-state index is -4.38. The third-order valence-corrected chi connectivity index (χ3v) is 3.40. The first kappa shape index (κ1) is 12.7. The molecule has 2 heterocycles. The van der Waals surface area contributed by atoms with Crippen molar-refractivity contribution in [3.8, 4) is 0 Å². The smallest absolute Gasteiger partial charge is 0.338 e. The summed E-state index contributed by atoms with van der Waals surface area (Å²) in [6.45, 7) is 0.108. The molecule has 1 atom stereocenters. The van der Waals surface area contributed by atoms with E-state index in [1.807, 2.05) is 6.26 Å². The Labute approximate surface area is 100 Å². The molecule has 1 fully saturated rings. The molecule has 0 aliphatic carbocycles. The fourth-order valence-corrected chi connectivity index (χ4v) is 2.25. The minimum Gasteiger partial charge on any atom is -0.338 e. The van der Waals surface area contributed by atoms with Crippen LogP contribution >= 0.6 is 11.8 Å². The van der Waals surface area contributed by atoms with Crippen LogP contribution < -0.4 is 5.32 Å². The van der Waals surface area contributed by atoms with Crippen LogP contribution in [0, 0.1) is 0 Å². The molecule has 1 saturated heterocycles. The molecule has 4 nitrogen and oxygen atoms in total. The van der Waals surface area contributed by atoms with Crippen molar-refractivity contribution in [1.82, 2.24) is 15.5 Å². The summed E-state index contributed by atoms with van der Waals surface area (Å²) in [7, 11) is 0. The quantitative estimate of drug-likeness (QED) is 0.903. The Balaban J connectivity index is 2.33. The van der Waals surface area contributed by atoms with Gasteiger partial charge < -0.3 is 9.84 Å². The van der Waals surface area contributed by atoms with Gasteiger partial charge in [-0.2, -0.15) is 29.9 Å². The molecule has 0 saturated carbocycles. The molecular weight excluding hydrogens is 255 g/mol. The number of hydrogen-bond acceptors (Lipinski definition) is 5. The molecule has 1 aliphatic heterocycles. The highest BCUT2D eigenvalue weighted by Gasteiger charge is 2.61. The minimum absolute atomic E-state index is 0.0581. The number of alkyl halides is 3. The lowest BCUT2D eigenvalue weighted by Gasteiger charge is -2.26. The van der Waals surface area contributed by atoms with Gasteiger partial charge in [0.15, 0.2) is 11.2 Å². The highest BCUT2D eigenvalue weighted by molar-refractivity contribution is 7.97. The lowest BCUT2D eigenvalue weighted by Crippen LogP contribution is -2.44. The van der Waals surface area contributed by atoms with E-state index in [9.17, 15) is 13.2 Å². The highest BCUT2D eigenvalue weighted by atomic mass is 32.2. The summed E-state index contributed by atoms with van der Waals surface area (Å²) in [5.74, 6) is 0.437. The van der Waals surface area contributed by atoms with Gasteiger partial charge in [-0.15, -0.1) is 0 Å². The zero-order valence-corrected chi connectivity index (χ0v) is 9.99. The fourth-order valence-electron chi connectivity index (χ4n) is 1.87. The molecule has 1 aromatic rings. The molecule has 0 radical (unpaired) electrons. The van der Waals surface area contributed by atoms with E-state index in [0.29, 0.717) is 18.1 Å². The Kier molecular flexibility index (Phi) is 3.35. The summed E-state index contributed by atoms with van der Waals surface area (Å²) >= 11 is 1.44. The maximum absolute atomic E-state index is 13.1. The van der Waals surface area contributed by atoms with Crippen molar-refractivity contribution in [2.24, 2.45) is 0 Å². The third-order valence-electron chi connectivity index (χ3n) is 2.85. The van der Waals surface area contributed by atoms with Crippen molar-refractivity contribution in [2.45, 2.75) is 23.8 Å². The van der Waals surface area contributed by atoms with Gasteiger partial charge in [0.2, 0.25) is 5.89 Å². The molecule has 96 valence electrons. The van der Waals surface area contributed by atoms with E-state index in [2.05, 4.69) is 15.5 Å². The van der Waals surface area contributed by atoms with Crippen LogP contribution in [0.1, 0.15) is 18.1 Å². The van der Waals surface area contributed by atoms with E-state index in [1.54, 1.807) is 0 Å². The summed E-state index contributed by atoms with van der Waals surface area (Å²) in [6.07, 6.45) is -2.61. The number of rotatable bonds is 3. The summed E-state index contributed by atoms with van der Waals surface area (Å²) in [6, 6.07) is 0. The number of aromatic nitrogens is 2. The van der Waals surface area contributed by atoms with Crippen molar-refractivity contribution >= 4 is 11.8 Å². The molecule has 0 bridgehead atoms. The molecule has 17 heavy (non-hydrogen) atoms.